The molecular weight excluding hydrogens is 440 g/mol. The van der Waals surface area contributed by atoms with Crippen LogP contribution < -0.4 is 16.0 Å². The van der Waals surface area contributed by atoms with Gasteiger partial charge in [-0.25, -0.2) is 9.97 Å². The molecular formula is C26H30N8O. The number of hydrogen-bond donors (Lipinski definition) is 3. The molecule has 9 nitrogen and oxygen atoms in total. The van der Waals surface area contributed by atoms with Crippen LogP contribution in [0.2, 0.25) is 0 Å². The Bertz CT molecular complexity index is 1370. The van der Waals surface area contributed by atoms with Crippen molar-refractivity contribution in [3.63, 3.8) is 0 Å². The van der Waals surface area contributed by atoms with Crippen LogP contribution in [-0.4, -0.2) is 37.7 Å². The first-order chi connectivity index (χ1) is 16.6. The van der Waals surface area contributed by atoms with Crippen LogP contribution in [0.15, 0.2) is 55.1 Å². The van der Waals surface area contributed by atoms with E-state index in [1.165, 1.54) is 6.33 Å². The lowest BCUT2D eigenvalue weighted by molar-refractivity contribution is 0.102. The van der Waals surface area contributed by atoms with Crippen molar-refractivity contribution in [3.05, 3.63) is 77.5 Å². The van der Waals surface area contributed by atoms with Gasteiger partial charge in [-0.1, -0.05) is 26.8 Å². The zero-order valence-electron chi connectivity index (χ0n) is 20.8. The normalized spacial score (nSPS) is 11.3. The molecule has 1 aromatic carbocycles. The summed E-state index contributed by atoms with van der Waals surface area (Å²) in [5.74, 6) is 1.87. The molecule has 0 radical (unpaired) electrons. The average molecular weight is 471 g/mol. The highest BCUT2D eigenvalue weighted by Gasteiger charge is 2.17. The van der Waals surface area contributed by atoms with Crippen LogP contribution >= 0.6 is 0 Å². The highest BCUT2D eigenvalue weighted by atomic mass is 16.1. The first-order valence-electron chi connectivity index (χ1n) is 11.4. The molecule has 0 unspecified atom stereocenters. The van der Waals surface area contributed by atoms with Gasteiger partial charge in [-0.3, -0.25) is 9.78 Å². The summed E-state index contributed by atoms with van der Waals surface area (Å²) in [7, 11) is 1.80. The Hall–Kier alpha value is -4.27. The molecule has 0 fully saturated rings. The number of anilines is 4. The average Bonchev–Trinajstić information content (AvgIpc) is 3.20. The van der Waals surface area contributed by atoms with Crippen LogP contribution in [0, 0.1) is 13.8 Å². The van der Waals surface area contributed by atoms with E-state index in [2.05, 4.69) is 56.8 Å². The van der Waals surface area contributed by atoms with E-state index in [4.69, 9.17) is 0 Å². The largest absolute Gasteiger partial charge is 0.373 e. The van der Waals surface area contributed by atoms with Crippen molar-refractivity contribution in [1.82, 2.24) is 24.7 Å². The topological polar surface area (TPSA) is 110 Å². The maximum absolute atomic E-state index is 12.9. The number of aromatic nitrogens is 5. The summed E-state index contributed by atoms with van der Waals surface area (Å²) < 4.78 is 1.73. The molecule has 0 aliphatic heterocycles. The molecule has 0 aliphatic rings. The standard InChI is InChI=1S/C26H30N8O/c1-16-7-8-20(31-25(35)18-10-19(14-28-13-18)26(3,4)5)11-21(16)32-24-9-17(2)33-34(24)23-12-22(27-6)29-15-30-23/h7-15,32H,1-6H3,(H,31,35)(H,27,29,30). The Morgan fingerprint density at radius 3 is 2.54 bits per heavy atom. The number of benzene rings is 1. The Morgan fingerprint density at radius 1 is 1.00 bits per heavy atom. The fourth-order valence-corrected chi connectivity index (χ4v) is 3.51. The fourth-order valence-electron chi connectivity index (χ4n) is 3.51. The number of nitrogens with one attached hydrogen (secondary N) is 3. The Kier molecular flexibility index (Phi) is 6.50. The van der Waals surface area contributed by atoms with Crippen molar-refractivity contribution < 1.29 is 4.79 Å². The maximum atomic E-state index is 12.9. The molecule has 4 aromatic rings. The zero-order valence-corrected chi connectivity index (χ0v) is 20.8. The molecule has 0 aliphatic carbocycles. The van der Waals surface area contributed by atoms with Gasteiger partial charge in [-0.05, 0) is 48.6 Å². The van der Waals surface area contributed by atoms with Gasteiger partial charge in [0.25, 0.3) is 5.91 Å². The predicted octanol–water partition coefficient (Wildman–Crippen LogP) is 5.01. The summed E-state index contributed by atoms with van der Waals surface area (Å²) in [5, 5.41) is 14.0. The van der Waals surface area contributed by atoms with Crippen LogP contribution in [0.25, 0.3) is 5.82 Å². The van der Waals surface area contributed by atoms with Crippen LogP contribution in [0.5, 0.6) is 0 Å². The van der Waals surface area contributed by atoms with E-state index in [9.17, 15) is 4.79 Å². The molecule has 4 rings (SSSR count). The van der Waals surface area contributed by atoms with E-state index < -0.39 is 0 Å². The summed E-state index contributed by atoms with van der Waals surface area (Å²) in [6.07, 6.45) is 4.88. The number of carbonyl (C=O) groups excluding carboxylic acids is 1. The van der Waals surface area contributed by atoms with E-state index in [-0.39, 0.29) is 11.3 Å². The van der Waals surface area contributed by atoms with Gasteiger partial charge in [0.1, 0.15) is 18.0 Å². The molecule has 9 heteroatoms. The van der Waals surface area contributed by atoms with Crippen molar-refractivity contribution in [1.29, 1.82) is 0 Å². The summed E-state index contributed by atoms with van der Waals surface area (Å²) in [6.45, 7) is 10.2. The highest BCUT2D eigenvalue weighted by molar-refractivity contribution is 6.04. The number of nitrogens with zero attached hydrogens (tertiary/aromatic N) is 5. The van der Waals surface area contributed by atoms with Crippen LogP contribution in [0.3, 0.4) is 0 Å². The van der Waals surface area contributed by atoms with Gasteiger partial charge < -0.3 is 16.0 Å². The van der Waals surface area contributed by atoms with Gasteiger partial charge in [0.15, 0.2) is 5.82 Å². The first kappa shape index (κ1) is 23.9. The lowest BCUT2D eigenvalue weighted by Gasteiger charge is -2.19. The molecule has 0 bridgehead atoms. The first-order valence-corrected chi connectivity index (χ1v) is 11.4. The molecule has 0 saturated heterocycles. The summed E-state index contributed by atoms with van der Waals surface area (Å²) in [6, 6.07) is 11.4. The SMILES string of the molecule is CNc1cc(-n2nc(C)cc2Nc2cc(NC(=O)c3cncc(C(C)(C)C)c3)ccc2C)ncn1. The fraction of sp³-hybridized carbons (Fsp3) is 0.269. The van der Waals surface area contributed by atoms with Crippen molar-refractivity contribution in [2.75, 3.05) is 23.0 Å². The second-order valence-corrected chi connectivity index (χ2v) is 9.42. The molecule has 1 amide bonds. The number of pyridine rings is 1. The van der Waals surface area contributed by atoms with E-state index in [0.29, 0.717) is 22.9 Å². The zero-order chi connectivity index (χ0) is 25.2. The molecule has 180 valence electrons. The third-order valence-electron chi connectivity index (χ3n) is 5.58. The lowest BCUT2D eigenvalue weighted by Crippen LogP contribution is -2.16. The quantitative estimate of drug-likeness (QED) is 0.363. The molecule has 3 N–H and O–H groups in total. The van der Waals surface area contributed by atoms with Gasteiger partial charge in [-0.2, -0.15) is 9.78 Å². The number of carbonyl (C=O) groups is 1. The maximum Gasteiger partial charge on any atom is 0.257 e. The van der Waals surface area contributed by atoms with Crippen LogP contribution in [0.1, 0.15) is 48.0 Å². The third-order valence-corrected chi connectivity index (χ3v) is 5.58. The third kappa shape index (κ3) is 5.46. The van der Waals surface area contributed by atoms with Crippen LogP contribution in [-0.2, 0) is 5.41 Å². The van der Waals surface area contributed by atoms with Gasteiger partial charge in [-0.15, -0.1) is 0 Å². The van der Waals surface area contributed by atoms with Crippen LogP contribution in [0.4, 0.5) is 23.0 Å². The molecule has 0 saturated carbocycles. The lowest BCUT2D eigenvalue weighted by atomic mass is 9.87. The minimum Gasteiger partial charge on any atom is -0.373 e. The molecule has 0 atom stereocenters. The summed E-state index contributed by atoms with van der Waals surface area (Å²) >= 11 is 0. The van der Waals surface area contributed by atoms with Gasteiger partial charge in [0.05, 0.1) is 11.3 Å². The van der Waals surface area contributed by atoms with E-state index in [0.717, 1.165) is 28.3 Å². The van der Waals surface area contributed by atoms with Crippen molar-refractivity contribution >= 4 is 28.9 Å². The smallest absolute Gasteiger partial charge is 0.257 e. The van der Waals surface area contributed by atoms with Gasteiger partial charge >= 0.3 is 0 Å². The number of hydrogen-bond acceptors (Lipinski definition) is 7. The number of amides is 1. The Morgan fingerprint density at radius 2 is 1.80 bits per heavy atom. The summed E-state index contributed by atoms with van der Waals surface area (Å²) in [4.78, 5) is 25.7. The second kappa shape index (κ2) is 9.54. The van der Waals surface area contributed by atoms with E-state index >= 15 is 0 Å². The molecule has 35 heavy (non-hydrogen) atoms. The highest BCUT2D eigenvalue weighted by Crippen LogP contribution is 2.27. The molecule has 0 spiro atoms. The molecule has 3 aromatic heterocycles. The van der Waals surface area contributed by atoms with Gasteiger partial charge in [0, 0.05) is 42.9 Å². The monoisotopic (exact) mass is 470 g/mol. The predicted molar refractivity (Wildman–Crippen MR) is 139 cm³/mol. The number of aryl methyl sites for hydroxylation is 2. The summed E-state index contributed by atoms with van der Waals surface area (Å²) in [5.41, 5.74) is 4.80. The Balaban J connectivity index is 1.59. The number of rotatable bonds is 6. The van der Waals surface area contributed by atoms with Crippen molar-refractivity contribution in [2.24, 2.45) is 0 Å². The minimum atomic E-state index is -0.208. The second-order valence-electron chi connectivity index (χ2n) is 9.42. The van der Waals surface area contributed by atoms with Crippen molar-refractivity contribution in [2.45, 2.75) is 40.0 Å². The minimum absolute atomic E-state index is 0.0943. The van der Waals surface area contributed by atoms with E-state index in [1.54, 1.807) is 24.1 Å². The van der Waals surface area contributed by atoms with E-state index in [1.807, 2.05) is 50.2 Å². The Labute approximate surface area is 205 Å². The molecule has 3 heterocycles. The van der Waals surface area contributed by atoms with Gasteiger partial charge in [0.2, 0.25) is 0 Å². The van der Waals surface area contributed by atoms with Crippen molar-refractivity contribution in [3.8, 4) is 5.82 Å².